The molecule has 0 saturated heterocycles. The highest BCUT2D eigenvalue weighted by molar-refractivity contribution is 6.26. The molecule has 0 fully saturated rings. The maximum atomic E-state index is 7.59. The van der Waals surface area contributed by atoms with Crippen molar-refractivity contribution in [2.45, 2.75) is 57.8 Å². The van der Waals surface area contributed by atoms with Crippen LogP contribution < -0.4 is 9.80 Å². The number of fused-ring (bicyclic) bond motifs is 18. The van der Waals surface area contributed by atoms with Crippen LogP contribution in [0.5, 0.6) is 0 Å². The zero-order valence-electron chi connectivity index (χ0n) is 50.0. The van der Waals surface area contributed by atoms with Crippen molar-refractivity contribution in [1.82, 2.24) is 0 Å². The van der Waals surface area contributed by atoms with E-state index in [2.05, 4.69) is 306 Å². The molecule has 17 rings (SSSR count). The zero-order chi connectivity index (χ0) is 59.2. The molecule has 0 radical (unpaired) electrons. The fourth-order valence-electron chi connectivity index (χ4n) is 14.6. The third-order valence-electron chi connectivity index (χ3n) is 18.8. The van der Waals surface area contributed by atoms with Crippen LogP contribution >= 0.6 is 0 Å². The summed E-state index contributed by atoms with van der Waals surface area (Å²) in [5.41, 5.74) is 19.9. The molecule has 0 atom stereocenters. The number of hydrogen-bond acceptors (Lipinski definition) is 5. The van der Waals surface area contributed by atoms with Crippen LogP contribution in [0.1, 0.15) is 74.9 Å². The van der Waals surface area contributed by atoms with Gasteiger partial charge in [-0.25, -0.2) is 0 Å². The quantitative estimate of drug-likeness (QED) is 0.142. The summed E-state index contributed by atoms with van der Waals surface area (Å²) in [6.07, 6.45) is 0. The van der Waals surface area contributed by atoms with Gasteiger partial charge in [-0.15, -0.1) is 0 Å². The fraction of sp³-hybridized carbons (Fsp3) is 0.108. The molecule has 0 amide bonds. The van der Waals surface area contributed by atoms with Crippen molar-refractivity contribution < 1.29 is 13.3 Å². The molecule has 0 bridgehead atoms. The van der Waals surface area contributed by atoms with Gasteiger partial charge in [-0.3, -0.25) is 0 Å². The van der Waals surface area contributed by atoms with Crippen LogP contribution in [0.2, 0.25) is 0 Å². The number of rotatable bonds is 8. The first kappa shape index (κ1) is 51.8. The van der Waals surface area contributed by atoms with Crippen molar-refractivity contribution in [3.8, 4) is 11.1 Å². The maximum Gasteiger partial charge on any atom is 0.145 e. The Morgan fingerprint density at radius 1 is 0.295 bits per heavy atom. The highest BCUT2D eigenvalue weighted by atomic mass is 16.3. The van der Waals surface area contributed by atoms with Gasteiger partial charge in [0.25, 0.3) is 0 Å². The van der Waals surface area contributed by atoms with Crippen LogP contribution in [0, 0.1) is 0 Å². The first-order valence-electron chi connectivity index (χ1n) is 30.6. The summed E-state index contributed by atoms with van der Waals surface area (Å²) in [5.74, 6) is 0. The smallest absolute Gasteiger partial charge is 0.145 e. The van der Waals surface area contributed by atoms with Gasteiger partial charge in [-0.2, -0.15) is 0 Å². The molecule has 0 saturated carbocycles. The van der Waals surface area contributed by atoms with Gasteiger partial charge in [-0.05, 0) is 168 Å². The summed E-state index contributed by atoms with van der Waals surface area (Å²) in [5, 5.41) is 11.0. The molecule has 422 valence electrons. The van der Waals surface area contributed by atoms with E-state index in [1.807, 2.05) is 12.1 Å². The molecule has 0 aliphatic heterocycles. The predicted octanol–water partition coefficient (Wildman–Crippen LogP) is 23.6. The summed E-state index contributed by atoms with van der Waals surface area (Å²) in [6.45, 7) is 13.7. The van der Waals surface area contributed by atoms with Gasteiger partial charge in [0.1, 0.15) is 33.5 Å². The molecular weight excluding hydrogens is 1070 g/mol. The molecule has 1 aliphatic rings. The molecule has 5 nitrogen and oxygen atoms in total. The van der Waals surface area contributed by atoms with E-state index in [-0.39, 0.29) is 10.8 Å². The minimum Gasteiger partial charge on any atom is -0.456 e. The molecule has 3 aromatic heterocycles. The van der Waals surface area contributed by atoms with Crippen molar-refractivity contribution in [2.75, 3.05) is 9.80 Å². The van der Waals surface area contributed by atoms with Gasteiger partial charge >= 0.3 is 0 Å². The van der Waals surface area contributed by atoms with Crippen LogP contribution in [0.15, 0.2) is 280 Å². The average molecular weight is 1140 g/mol. The van der Waals surface area contributed by atoms with Crippen molar-refractivity contribution >= 4 is 121 Å². The summed E-state index contributed by atoms with van der Waals surface area (Å²) in [6, 6.07) is 98.2. The van der Waals surface area contributed by atoms with Gasteiger partial charge in [0, 0.05) is 60.9 Å². The molecular formula is C83H62N2O3. The lowest BCUT2D eigenvalue weighted by Crippen LogP contribution is -2.29. The van der Waals surface area contributed by atoms with E-state index in [1.165, 1.54) is 27.6 Å². The predicted molar refractivity (Wildman–Crippen MR) is 367 cm³/mol. The Labute approximate surface area is 510 Å². The fourth-order valence-corrected chi connectivity index (χ4v) is 14.6. The first-order chi connectivity index (χ1) is 42.9. The minimum absolute atomic E-state index is 0.0175. The number of anilines is 6. The van der Waals surface area contributed by atoms with E-state index in [1.54, 1.807) is 0 Å². The second-order valence-electron chi connectivity index (χ2n) is 26.0. The number of para-hydroxylation sites is 3. The largest absolute Gasteiger partial charge is 0.456 e. The second kappa shape index (κ2) is 19.2. The van der Waals surface area contributed by atoms with Crippen molar-refractivity contribution in [1.29, 1.82) is 0 Å². The van der Waals surface area contributed by atoms with Crippen molar-refractivity contribution in [3.05, 3.63) is 300 Å². The van der Waals surface area contributed by atoms with Gasteiger partial charge in [-0.1, -0.05) is 211 Å². The Hall–Kier alpha value is -10.6. The number of hydrogen-bond donors (Lipinski definition) is 0. The molecule has 88 heavy (non-hydrogen) atoms. The second-order valence-corrected chi connectivity index (χ2v) is 26.0. The number of furan rings is 3. The number of benzene rings is 13. The van der Waals surface area contributed by atoms with Crippen LogP contribution in [0.4, 0.5) is 34.1 Å². The molecule has 0 unspecified atom stereocenters. The highest BCUT2D eigenvalue weighted by Crippen LogP contribution is 2.64. The van der Waals surface area contributed by atoms with Gasteiger partial charge < -0.3 is 23.1 Å². The lowest BCUT2D eigenvalue weighted by Gasteiger charge is -2.36. The lowest BCUT2D eigenvalue weighted by atomic mass is 9.66. The van der Waals surface area contributed by atoms with E-state index in [0.717, 1.165) is 138 Å². The summed E-state index contributed by atoms with van der Waals surface area (Å²) < 4.78 is 20.6. The van der Waals surface area contributed by atoms with Crippen LogP contribution in [0.25, 0.3) is 98.5 Å². The zero-order valence-corrected chi connectivity index (χ0v) is 50.0. The number of nitrogens with zero attached hydrogens (tertiary/aromatic N) is 2. The Bertz CT molecular complexity index is 5420. The van der Waals surface area contributed by atoms with Crippen molar-refractivity contribution in [3.63, 3.8) is 0 Å². The Kier molecular flexibility index (Phi) is 11.3. The third kappa shape index (κ3) is 7.72. The van der Waals surface area contributed by atoms with Gasteiger partial charge in [0.2, 0.25) is 0 Å². The standard InChI is InChI=1S/C83H62N2O3/c1-81(2,3)51-33-37-55(38-34-51)84(58-42-45-74-67(48-58)61-26-15-18-30-71(61)86-74)57-41-44-64-66(47-57)60-25-13-14-28-63(60)77-78-69(83(79(64)77,53-21-9-7-10-22-53)54-23-11-8-12-24-54)50-70(76-65-29-17-20-32-73(65)88-80(76)78)85(56-39-35-52(36-40-56)82(4,5)6)59-43-46-75-68(49-59)62-27-16-19-31-72(62)87-75/h7-50H,1-6H3. The molecule has 1 aliphatic carbocycles. The topological polar surface area (TPSA) is 45.9 Å². The maximum absolute atomic E-state index is 7.59. The van der Waals surface area contributed by atoms with Crippen molar-refractivity contribution in [2.24, 2.45) is 0 Å². The Morgan fingerprint density at radius 3 is 1.24 bits per heavy atom. The first-order valence-corrected chi connectivity index (χ1v) is 30.6. The van der Waals surface area contributed by atoms with Gasteiger partial charge in [0.05, 0.1) is 16.5 Å². The lowest BCUT2D eigenvalue weighted by molar-refractivity contribution is 0.590. The summed E-state index contributed by atoms with van der Waals surface area (Å²) in [7, 11) is 0. The SMILES string of the molecule is CC(C)(C)c1ccc(N(c2ccc3oc4ccccc4c3c2)c2ccc3c4c(c5ccccc5c3c2)-c2c(cc(N(c3ccc(C(C)(C)C)cc3)c3ccc5oc6ccccc6c5c3)c3c2oc2ccccc23)C4(c2ccccc2)c2ccccc2)cc1. The summed E-state index contributed by atoms with van der Waals surface area (Å²) in [4.78, 5) is 4.89. The van der Waals surface area contributed by atoms with Crippen LogP contribution in [0.3, 0.4) is 0 Å². The summed E-state index contributed by atoms with van der Waals surface area (Å²) >= 11 is 0. The monoisotopic (exact) mass is 1130 g/mol. The molecule has 5 heteroatoms. The third-order valence-corrected chi connectivity index (χ3v) is 18.8. The molecule has 13 aromatic carbocycles. The minimum atomic E-state index is -0.874. The van der Waals surface area contributed by atoms with Crippen LogP contribution in [-0.4, -0.2) is 0 Å². The molecule has 3 heterocycles. The molecule has 0 N–H and O–H groups in total. The molecule has 0 spiro atoms. The van der Waals surface area contributed by atoms with E-state index >= 15 is 0 Å². The average Bonchev–Trinajstić information content (AvgIpc) is 1.50. The van der Waals surface area contributed by atoms with E-state index < -0.39 is 5.41 Å². The Balaban J connectivity index is 0.995. The molecule has 16 aromatic rings. The Morgan fingerprint density at radius 2 is 0.705 bits per heavy atom. The normalized spacial score (nSPS) is 13.2. The van der Waals surface area contributed by atoms with Gasteiger partial charge in [0.15, 0.2) is 0 Å². The van der Waals surface area contributed by atoms with E-state index in [4.69, 9.17) is 13.3 Å². The van der Waals surface area contributed by atoms with E-state index in [0.29, 0.717) is 0 Å². The van der Waals surface area contributed by atoms with E-state index in [9.17, 15) is 0 Å². The van der Waals surface area contributed by atoms with Crippen LogP contribution in [-0.2, 0) is 16.2 Å². The highest BCUT2D eigenvalue weighted by Gasteiger charge is 2.50.